The lowest BCUT2D eigenvalue weighted by Gasteiger charge is -2.17. The molecule has 0 aliphatic rings. The summed E-state index contributed by atoms with van der Waals surface area (Å²) in [6, 6.07) is 13.7. The van der Waals surface area contributed by atoms with Crippen LogP contribution in [0.5, 0.6) is 5.75 Å². The molecule has 1 amide bonds. The number of ether oxygens (including phenoxy) is 1. The molecule has 0 saturated carbocycles. The van der Waals surface area contributed by atoms with Gasteiger partial charge in [0.25, 0.3) is 0 Å². The zero-order valence-electron chi connectivity index (χ0n) is 16.1. The van der Waals surface area contributed by atoms with Crippen LogP contribution in [0.15, 0.2) is 60.1 Å². The maximum Gasteiger partial charge on any atom is 0.226 e. The summed E-state index contributed by atoms with van der Waals surface area (Å²) in [6.45, 7) is 1.93. The molecular weight excluding hydrogens is 389 g/mol. The van der Waals surface area contributed by atoms with Gasteiger partial charge in [-0.15, -0.1) is 11.3 Å². The molecule has 1 atom stereocenters. The summed E-state index contributed by atoms with van der Waals surface area (Å²) in [4.78, 5) is 18.0. The van der Waals surface area contributed by atoms with Gasteiger partial charge in [0.1, 0.15) is 11.6 Å². The Hall–Kier alpha value is -3.19. The number of nitrogens with one attached hydrogen (secondary N) is 1. The topological polar surface area (TPSA) is 55.6 Å². The third kappa shape index (κ3) is 4.00. The molecule has 4 aromatic rings. The second kappa shape index (κ2) is 8.05. The number of imidazole rings is 1. The van der Waals surface area contributed by atoms with E-state index in [0.717, 1.165) is 33.2 Å². The number of thiazole rings is 1. The van der Waals surface area contributed by atoms with Gasteiger partial charge in [-0.2, -0.15) is 0 Å². The van der Waals surface area contributed by atoms with Crippen molar-refractivity contribution in [3.63, 3.8) is 0 Å². The number of aromatic nitrogens is 2. The summed E-state index contributed by atoms with van der Waals surface area (Å²) in [6.07, 6.45) is 2.12. The molecular formula is C22H20FN3O2S. The van der Waals surface area contributed by atoms with Crippen LogP contribution >= 0.6 is 11.3 Å². The van der Waals surface area contributed by atoms with E-state index in [0.29, 0.717) is 0 Å². The third-order valence-corrected chi connectivity index (χ3v) is 5.64. The van der Waals surface area contributed by atoms with E-state index in [2.05, 4.69) is 10.3 Å². The number of halogens is 1. The second-order valence-electron chi connectivity index (χ2n) is 6.72. The molecule has 0 aliphatic heterocycles. The molecule has 1 N–H and O–H groups in total. The van der Waals surface area contributed by atoms with Crippen LogP contribution in [-0.4, -0.2) is 22.4 Å². The summed E-state index contributed by atoms with van der Waals surface area (Å²) in [5.41, 5.74) is 3.37. The van der Waals surface area contributed by atoms with Crippen LogP contribution in [0.3, 0.4) is 0 Å². The highest BCUT2D eigenvalue weighted by molar-refractivity contribution is 7.15. The van der Waals surface area contributed by atoms with Gasteiger partial charge in [-0.05, 0) is 37.3 Å². The van der Waals surface area contributed by atoms with E-state index in [-0.39, 0.29) is 24.2 Å². The Morgan fingerprint density at radius 3 is 2.76 bits per heavy atom. The van der Waals surface area contributed by atoms with Gasteiger partial charge >= 0.3 is 0 Å². The number of hydrogen-bond donors (Lipinski definition) is 1. The fourth-order valence-electron chi connectivity index (χ4n) is 3.28. The van der Waals surface area contributed by atoms with Crippen molar-refractivity contribution in [2.45, 2.75) is 19.4 Å². The van der Waals surface area contributed by atoms with Crippen molar-refractivity contribution < 1.29 is 13.9 Å². The molecule has 0 spiro atoms. The number of carbonyl (C=O) groups excluding carboxylic acids is 1. The molecule has 0 bridgehead atoms. The standard InChI is InChI=1S/C22H20FN3O2S/c1-14(18-5-3-4-6-20(18)28-2)24-21(27)11-17-13-29-22-25-19(12-26(17)22)15-7-9-16(23)10-8-15/h3-10,12-14H,11H2,1-2H3,(H,24,27)/t14-/m1/s1. The Balaban J connectivity index is 1.50. The zero-order valence-corrected chi connectivity index (χ0v) is 16.9. The lowest BCUT2D eigenvalue weighted by Crippen LogP contribution is -2.28. The first kappa shape index (κ1) is 19.1. The van der Waals surface area contributed by atoms with Crippen LogP contribution in [-0.2, 0) is 11.2 Å². The number of para-hydroxylation sites is 1. The number of hydrogen-bond acceptors (Lipinski definition) is 4. The van der Waals surface area contributed by atoms with Crippen LogP contribution in [0, 0.1) is 5.82 Å². The quantitative estimate of drug-likeness (QED) is 0.505. The SMILES string of the molecule is COc1ccccc1[C@@H](C)NC(=O)Cc1csc2nc(-c3ccc(F)cc3)cn12. The number of methoxy groups -OCH3 is 1. The second-order valence-corrected chi connectivity index (χ2v) is 7.56. The predicted molar refractivity (Wildman–Crippen MR) is 112 cm³/mol. The number of amides is 1. The Morgan fingerprint density at radius 1 is 1.24 bits per heavy atom. The van der Waals surface area contributed by atoms with Crippen LogP contribution in [0.2, 0.25) is 0 Å². The van der Waals surface area contributed by atoms with Crippen LogP contribution in [0.1, 0.15) is 24.2 Å². The smallest absolute Gasteiger partial charge is 0.226 e. The van der Waals surface area contributed by atoms with E-state index < -0.39 is 0 Å². The van der Waals surface area contributed by atoms with E-state index >= 15 is 0 Å². The van der Waals surface area contributed by atoms with Gasteiger partial charge in [-0.1, -0.05) is 18.2 Å². The molecule has 0 fully saturated rings. The summed E-state index contributed by atoms with van der Waals surface area (Å²) in [7, 11) is 1.62. The van der Waals surface area contributed by atoms with E-state index in [1.165, 1.54) is 23.5 Å². The first-order chi connectivity index (χ1) is 14.0. The van der Waals surface area contributed by atoms with Crippen molar-refractivity contribution in [3.8, 4) is 17.0 Å². The Bertz CT molecular complexity index is 1150. The lowest BCUT2D eigenvalue weighted by molar-refractivity contribution is -0.121. The first-order valence-corrected chi connectivity index (χ1v) is 10.1. The maximum atomic E-state index is 13.2. The minimum absolute atomic E-state index is 0.0832. The first-order valence-electron chi connectivity index (χ1n) is 9.19. The number of carbonyl (C=O) groups is 1. The molecule has 2 aromatic heterocycles. The molecule has 0 saturated heterocycles. The average molecular weight is 409 g/mol. The van der Waals surface area contributed by atoms with Crippen molar-refractivity contribution in [3.05, 3.63) is 77.2 Å². The van der Waals surface area contributed by atoms with Crippen molar-refractivity contribution >= 4 is 22.2 Å². The van der Waals surface area contributed by atoms with E-state index in [1.54, 1.807) is 19.2 Å². The average Bonchev–Trinajstić information content (AvgIpc) is 3.30. The predicted octanol–water partition coefficient (Wildman–Crippen LogP) is 4.63. The number of fused-ring (bicyclic) bond motifs is 1. The normalized spacial score (nSPS) is 12.1. The zero-order chi connectivity index (χ0) is 20.4. The van der Waals surface area contributed by atoms with Gasteiger partial charge in [0.2, 0.25) is 5.91 Å². The molecule has 4 rings (SSSR count). The largest absolute Gasteiger partial charge is 0.496 e. The molecule has 2 heterocycles. The highest BCUT2D eigenvalue weighted by Crippen LogP contribution is 2.26. The summed E-state index contributed by atoms with van der Waals surface area (Å²) >= 11 is 1.47. The van der Waals surface area contributed by atoms with Gasteiger partial charge in [0.15, 0.2) is 4.96 Å². The highest BCUT2D eigenvalue weighted by atomic mass is 32.1. The van der Waals surface area contributed by atoms with Crippen LogP contribution in [0.25, 0.3) is 16.2 Å². The summed E-state index contributed by atoms with van der Waals surface area (Å²) in [5.74, 6) is 0.383. The lowest BCUT2D eigenvalue weighted by atomic mass is 10.1. The van der Waals surface area contributed by atoms with E-state index in [9.17, 15) is 9.18 Å². The Kier molecular flexibility index (Phi) is 5.31. The minimum atomic E-state index is -0.281. The molecule has 29 heavy (non-hydrogen) atoms. The van der Waals surface area contributed by atoms with Crippen molar-refractivity contribution in [1.82, 2.24) is 14.7 Å². The van der Waals surface area contributed by atoms with E-state index in [1.807, 2.05) is 47.2 Å². The molecule has 148 valence electrons. The molecule has 0 unspecified atom stereocenters. The van der Waals surface area contributed by atoms with Gasteiger partial charge in [-0.3, -0.25) is 9.20 Å². The Morgan fingerprint density at radius 2 is 2.00 bits per heavy atom. The molecule has 0 aliphatic carbocycles. The van der Waals surface area contributed by atoms with Crippen LogP contribution in [0.4, 0.5) is 4.39 Å². The third-order valence-electron chi connectivity index (χ3n) is 4.75. The molecule has 0 radical (unpaired) electrons. The molecule has 5 nitrogen and oxygen atoms in total. The number of benzene rings is 2. The fraction of sp³-hybridized carbons (Fsp3) is 0.182. The summed E-state index contributed by atoms with van der Waals surface area (Å²) < 4.78 is 20.4. The molecule has 7 heteroatoms. The van der Waals surface area contributed by atoms with Gasteiger partial charge in [0, 0.05) is 28.4 Å². The summed E-state index contributed by atoms with van der Waals surface area (Å²) in [5, 5.41) is 4.96. The van der Waals surface area contributed by atoms with Crippen molar-refractivity contribution in [2.24, 2.45) is 0 Å². The minimum Gasteiger partial charge on any atom is -0.496 e. The van der Waals surface area contributed by atoms with Gasteiger partial charge in [-0.25, -0.2) is 9.37 Å². The maximum absolute atomic E-state index is 13.2. The highest BCUT2D eigenvalue weighted by Gasteiger charge is 2.16. The van der Waals surface area contributed by atoms with Crippen molar-refractivity contribution in [2.75, 3.05) is 7.11 Å². The Labute approximate surface area is 171 Å². The van der Waals surface area contributed by atoms with Crippen LogP contribution < -0.4 is 10.1 Å². The van der Waals surface area contributed by atoms with E-state index in [4.69, 9.17) is 4.74 Å². The fourth-order valence-corrected chi connectivity index (χ4v) is 4.15. The monoisotopic (exact) mass is 409 g/mol. The molecule has 2 aromatic carbocycles. The van der Waals surface area contributed by atoms with Crippen molar-refractivity contribution in [1.29, 1.82) is 0 Å². The number of rotatable bonds is 6. The van der Waals surface area contributed by atoms with Gasteiger partial charge < -0.3 is 10.1 Å². The number of nitrogens with zero attached hydrogens (tertiary/aromatic N) is 2. The van der Waals surface area contributed by atoms with Gasteiger partial charge in [0.05, 0.1) is 25.3 Å².